The number of hydrogen-bond acceptors (Lipinski definition) is 2. The van der Waals surface area contributed by atoms with E-state index in [0.29, 0.717) is 0 Å². The summed E-state index contributed by atoms with van der Waals surface area (Å²) < 4.78 is 6.48. The normalized spacial score (nSPS) is 11.6. The zero-order valence-corrected chi connectivity index (χ0v) is 23.9. The molecule has 0 N–H and O–H groups in total. The molecule has 8 aromatic carbocycles. The summed E-state index contributed by atoms with van der Waals surface area (Å²) in [6, 6.07) is 58.5. The highest BCUT2D eigenvalue weighted by Gasteiger charge is 2.19. The first kappa shape index (κ1) is 24.7. The molecule has 0 atom stereocenters. The molecular weight excluding hydrogens is 534 g/mol. The van der Waals surface area contributed by atoms with E-state index in [0.717, 1.165) is 39.0 Å². The molecule has 9 aromatic rings. The predicted molar refractivity (Wildman–Crippen MR) is 186 cm³/mol. The second-order valence-electron chi connectivity index (χ2n) is 11.3. The van der Waals surface area contributed by atoms with Gasteiger partial charge in [-0.15, -0.1) is 0 Å². The zero-order chi connectivity index (χ0) is 29.0. The minimum absolute atomic E-state index is 0.883. The molecule has 44 heavy (non-hydrogen) atoms. The molecular formula is C42H27NO. The summed E-state index contributed by atoms with van der Waals surface area (Å²) in [4.78, 5) is 2.29. The van der Waals surface area contributed by atoms with Gasteiger partial charge in [0, 0.05) is 22.1 Å². The van der Waals surface area contributed by atoms with E-state index < -0.39 is 0 Å². The van der Waals surface area contributed by atoms with E-state index in [-0.39, 0.29) is 0 Å². The van der Waals surface area contributed by atoms with Crippen LogP contribution in [0.2, 0.25) is 0 Å². The lowest BCUT2D eigenvalue weighted by Gasteiger charge is -2.25. The smallest absolute Gasteiger partial charge is 0.159 e. The number of benzene rings is 8. The van der Waals surface area contributed by atoms with Crippen LogP contribution in [-0.2, 0) is 0 Å². The average Bonchev–Trinajstić information content (AvgIpc) is 3.48. The maximum atomic E-state index is 6.48. The van der Waals surface area contributed by atoms with Crippen molar-refractivity contribution in [1.29, 1.82) is 0 Å². The van der Waals surface area contributed by atoms with Crippen LogP contribution in [0.3, 0.4) is 0 Å². The molecule has 2 nitrogen and oxygen atoms in total. The molecule has 0 aliphatic rings. The third kappa shape index (κ3) is 3.82. The van der Waals surface area contributed by atoms with Gasteiger partial charge in [0.2, 0.25) is 0 Å². The van der Waals surface area contributed by atoms with Gasteiger partial charge in [0.1, 0.15) is 5.58 Å². The first-order valence-electron chi connectivity index (χ1n) is 15.0. The van der Waals surface area contributed by atoms with Gasteiger partial charge in [-0.3, -0.25) is 0 Å². The third-order valence-electron chi connectivity index (χ3n) is 8.84. The van der Waals surface area contributed by atoms with Gasteiger partial charge in [-0.1, -0.05) is 121 Å². The quantitative estimate of drug-likeness (QED) is 0.199. The molecule has 1 aromatic heterocycles. The molecule has 0 unspecified atom stereocenters. The first-order valence-corrected chi connectivity index (χ1v) is 15.0. The molecule has 2 heteroatoms. The molecule has 0 saturated heterocycles. The van der Waals surface area contributed by atoms with Crippen LogP contribution in [-0.4, -0.2) is 0 Å². The summed E-state index contributed by atoms with van der Waals surface area (Å²) in [6.07, 6.45) is 0. The monoisotopic (exact) mass is 561 g/mol. The molecule has 1 heterocycles. The summed E-state index contributed by atoms with van der Waals surface area (Å²) in [6.45, 7) is 0. The summed E-state index contributed by atoms with van der Waals surface area (Å²) in [5.74, 6) is 0. The lowest BCUT2D eigenvalue weighted by atomic mass is 9.91. The molecule has 0 bridgehead atoms. The topological polar surface area (TPSA) is 16.4 Å². The van der Waals surface area contributed by atoms with Crippen LogP contribution in [0.4, 0.5) is 17.1 Å². The van der Waals surface area contributed by atoms with Crippen molar-refractivity contribution in [3.05, 3.63) is 164 Å². The number of hydrogen-bond donors (Lipinski definition) is 0. The lowest BCUT2D eigenvalue weighted by Crippen LogP contribution is -2.10. The number of fused-ring (bicyclic) bond motifs is 8. The highest BCUT2D eigenvalue weighted by Crippen LogP contribution is 2.43. The fourth-order valence-electron chi connectivity index (χ4n) is 6.80. The Morgan fingerprint density at radius 3 is 1.86 bits per heavy atom. The largest absolute Gasteiger partial charge is 0.454 e. The fraction of sp³-hybridized carbons (Fsp3) is 0. The Morgan fingerprint density at radius 2 is 1.02 bits per heavy atom. The maximum Gasteiger partial charge on any atom is 0.159 e. The average molecular weight is 562 g/mol. The van der Waals surface area contributed by atoms with E-state index in [1.807, 2.05) is 12.1 Å². The summed E-state index contributed by atoms with van der Waals surface area (Å²) in [5.41, 5.74) is 7.37. The molecule has 0 fully saturated rings. The van der Waals surface area contributed by atoms with Crippen LogP contribution in [0.1, 0.15) is 0 Å². The number of furan rings is 1. The van der Waals surface area contributed by atoms with E-state index in [2.05, 4.69) is 157 Å². The van der Waals surface area contributed by atoms with E-state index in [4.69, 9.17) is 4.42 Å². The molecule has 9 rings (SSSR count). The van der Waals surface area contributed by atoms with Crippen LogP contribution < -0.4 is 4.90 Å². The van der Waals surface area contributed by atoms with Crippen LogP contribution in [0.15, 0.2) is 168 Å². The van der Waals surface area contributed by atoms with Crippen molar-refractivity contribution >= 4 is 71.3 Å². The van der Waals surface area contributed by atoms with Gasteiger partial charge in [-0.25, -0.2) is 0 Å². The Kier molecular flexibility index (Phi) is 5.54. The maximum absolute atomic E-state index is 6.48. The van der Waals surface area contributed by atoms with E-state index >= 15 is 0 Å². The van der Waals surface area contributed by atoms with Crippen molar-refractivity contribution in [2.75, 3.05) is 4.90 Å². The summed E-state index contributed by atoms with van der Waals surface area (Å²) in [7, 11) is 0. The summed E-state index contributed by atoms with van der Waals surface area (Å²) >= 11 is 0. The standard InChI is InChI=1S/C42H27NO/c1-2-12-30(13-3-1)43(40-19-10-18-37-36-17-8-9-20-41(36)44-42(37)40)31-24-21-29(22-25-31)38-27-39-32-14-5-4-11-28(32)23-26-35(39)33-15-6-7-16-34(33)38/h1-27H. The highest BCUT2D eigenvalue weighted by atomic mass is 16.3. The molecule has 0 saturated carbocycles. The molecule has 0 radical (unpaired) electrons. The van der Waals surface area contributed by atoms with Gasteiger partial charge in [0.15, 0.2) is 5.58 Å². The molecule has 0 spiro atoms. The molecule has 206 valence electrons. The number of para-hydroxylation sites is 3. The minimum Gasteiger partial charge on any atom is -0.454 e. The second kappa shape index (κ2) is 9.86. The minimum atomic E-state index is 0.883. The van der Waals surface area contributed by atoms with Crippen molar-refractivity contribution in [1.82, 2.24) is 0 Å². The number of anilines is 3. The van der Waals surface area contributed by atoms with E-state index in [1.165, 1.54) is 43.4 Å². The van der Waals surface area contributed by atoms with Crippen LogP contribution in [0.25, 0.3) is 65.4 Å². The van der Waals surface area contributed by atoms with Crippen molar-refractivity contribution < 1.29 is 4.42 Å². The Bertz CT molecular complexity index is 2490. The predicted octanol–water partition coefficient (Wildman–Crippen LogP) is 12.2. The third-order valence-corrected chi connectivity index (χ3v) is 8.84. The van der Waals surface area contributed by atoms with Gasteiger partial charge in [0.25, 0.3) is 0 Å². The van der Waals surface area contributed by atoms with Gasteiger partial charge >= 0.3 is 0 Å². The SMILES string of the molecule is c1ccc(N(c2ccc(-c3cc4c5ccccc5ccc4c4ccccc34)cc2)c2cccc3c2oc2ccccc23)cc1. The van der Waals surface area contributed by atoms with Crippen LogP contribution in [0, 0.1) is 0 Å². The van der Waals surface area contributed by atoms with Crippen LogP contribution in [0.5, 0.6) is 0 Å². The first-order chi connectivity index (χ1) is 21.8. The number of nitrogens with zero attached hydrogens (tertiary/aromatic N) is 1. The van der Waals surface area contributed by atoms with Crippen molar-refractivity contribution in [3.63, 3.8) is 0 Å². The Labute approximate surface area is 255 Å². The van der Waals surface area contributed by atoms with Crippen molar-refractivity contribution in [2.24, 2.45) is 0 Å². The number of rotatable bonds is 4. The Morgan fingerprint density at radius 1 is 0.386 bits per heavy atom. The van der Waals surface area contributed by atoms with Crippen molar-refractivity contribution in [3.8, 4) is 11.1 Å². The Hall–Kier alpha value is -5.86. The summed E-state index contributed by atoms with van der Waals surface area (Å²) in [5, 5.41) is 9.89. The van der Waals surface area contributed by atoms with Gasteiger partial charge < -0.3 is 9.32 Å². The zero-order valence-electron chi connectivity index (χ0n) is 23.9. The lowest BCUT2D eigenvalue weighted by molar-refractivity contribution is 0.669. The van der Waals surface area contributed by atoms with Gasteiger partial charge in [-0.05, 0) is 85.9 Å². The Balaban J connectivity index is 1.24. The van der Waals surface area contributed by atoms with E-state index in [1.54, 1.807) is 0 Å². The highest BCUT2D eigenvalue weighted by molar-refractivity contribution is 6.21. The molecule has 0 amide bonds. The van der Waals surface area contributed by atoms with Crippen LogP contribution >= 0.6 is 0 Å². The van der Waals surface area contributed by atoms with Gasteiger partial charge in [-0.2, -0.15) is 0 Å². The molecule has 0 aliphatic carbocycles. The van der Waals surface area contributed by atoms with Crippen molar-refractivity contribution in [2.45, 2.75) is 0 Å². The van der Waals surface area contributed by atoms with Gasteiger partial charge in [0.05, 0.1) is 5.69 Å². The molecule has 0 aliphatic heterocycles. The second-order valence-corrected chi connectivity index (χ2v) is 11.3. The van der Waals surface area contributed by atoms with E-state index in [9.17, 15) is 0 Å². The fourth-order valence-corrected chi connectivity index (χ4v) is 6.80.